The lowest BCUT2D eigenvalue weighted by Gasteiger charge is -2.13. The Morgan fingerprint density at radius 2 is 1.52 bits per heavy atom. The van der Waals surface area contributed by atoms with Gasteiger partial charge in [0.2, 0.25) is 0 Å². The fraction of sp³-hybridized carbons (Fsp3) is 0.0833. The number of hydrogen-bond donors (Lipinski definition) is 1. The molecular weight excluding hydrogens is 302 g/mol. The van der Waals surface area contributed by atoms with Gasteiger partial charge in [0.15, 0.2) is 0 Å². The lowest BCUT2D eigenvalue weighted by atomic mass is 9.90. The van der Waals surface area contributed by atoms with Gasteiger partial charge < -0.3 is 4.98 Å². The number of aromatic nitrogens is 1. The third-order valence-electron chi connectivity index (χ3n) is 4.67. The molecule has 0 radical (unpaired) electrons. The Labute approximate surface area is 148 Å². The van der Waals surface area contributed by atoms with Gasteiger partial charge in [-0.05, 0) is 29.7 Å². The van der Waals surface area contributed by atoms with Gasteiger partial charge in [0, 0.05) is 23.0 Å². The van der Waals surface area contributed by atoms with Crippen LogP contribution in [0.5, 0.6) is 0 Å². The van der Waals surface area contributed by atoms with E-state index >= 15 is 0 Å². The molecule has 1 heteroatoms. The van der Waals surface area contributed by atoms with Crippen LogP contribution in [0.4, 0.5) is 0 Å². The molecule has 1 N–H and O–H groups in total. The Bertz CT molecular complexity index is 991. The van der Waals surface area contributed by atoms with E-state index in [4.69, 9.17) is 0 Å². The highest BCUT2D eigenvalue weighted by Gasteiger charge is 2.15. The second-order valence-corrected chi connectivity index (χ2v) is 6.45. The molecule has 0 spiro atoms. The summed E-state index contributed by atoms with van der Waals surface area (Å²) in [7, 11) is 0. The minimum Gasteiger partial charge on any atom is -0.361 e. The van der Waals surface area contributed by atoms with Gasteiger partial charge in [0.25, 0.3) is 0 Å². The maximum Gasteiger partial charge on any atom is 0.0457 e. The molecule has 1 atom stereocenters. The van der Waals surface area contributed by atoms with E-state index in [1.807, 2.05) is 0 Å². The SMILES string of the molecule is Cc1ccc(/C=C/C(c2ccccc2)c2c[nH]c3ccccc23)cc1. The molecule has 1 unspecified atom stereocenters. The number of aryl methyl sites for hydroxylation is 1. The second kappa shape index (κ2) is 6.82. The first-order valence-electron chi connectivity index (χ1n) is 8.67. The molecule has 0 aliphatic rings. The zero-order chi connectivity index (χ0) is 17.1. The zero-order valence-electron chi connectivity index (χ0n) is 14.3. The molecule has 0 aliphatic carbocycles. The molecule has 1 aromatic heterocycles. The van der Waals surface area contributed by atoms with Crippen molar-refractivity contribution in [1.82, 2.24) is 4.98 Å². The summed E-state index contributed by atoms with van der Waals surface area (Å²) >= 11 is 0. The summed E-state index contributed by atoms with van der Waals surface area (Å²) in [6, 6.07) is 27.8. The van der Waals surface area contributed by atoms with E-state index in [1.165, 1.54) is 33.2 Å². The Morgan fingerprint density at radius 3 is 2.32 bits per heavy atom. The van der Waals surface area contributed by atoms with E-state index in [0.29, 0.717) is 0 Å². The van der Waals surface area contributed by atoms with Gasteiger partial charge in [0.05, 0.1) is 0 Å². The normalized spacial score (nSPS) is 12.7. The van der Waals surface area contributed by atoms with Gasteiger partial charge in [0.1, 0.15) is 0 Å². The molecule has 4 aromatic rings. The van der Waals surface area contributed by atoms with E-state index in [1.54, 1.807) is 0 Å². The van der Waals surface area contributed by atoms with Crippen molar-refractivity contribution in [3.63, 3.8) is 0 Å². The third-order valence-corrected chi connectivity index (χ3v) is 4.67. The first-order valence-corrected chi connectivity index (χ1v) is 8.67. The number of hydrogen-bond acceptors (Lipinski definition) is 0. The fourth-order valence-corrected chi connectivity index (χ4v) is 3.29. The highest BCUT2D eigenvalue weighted by molar-refractivity contribution is 5.84. The molecule has 3 aromatic carbocycles. The minimum absolute atomic E-state index is 0.221. The monoisotopic (exact) mass is 323 g/mol. The van der Waals surface area contributed by atoms with E-state index in [0.717, 1.165) is 0 Å². The maximum atomic E-state index is 3.41. The highest BCUT2D eigenvalue weighted by Crippen LogP contribution is 2.32. The first-order chi connectivity index (χ1) is 12.3. The van der Waals surface area contributed by atoms with Crippen LogP contribution in [0.2, 0.25) is 0 Å². The smallest absolute Gasteiger partial charge is 0.0457 e. The number of nitrogens with one attached hydrogen (secondary N) is 1. The molecular formula is C24H21N. The second-order valence-electron chi connectivity index (χ2n) is 6.45. The summed E-state index contributed by atoms with van der Waals surface area (Å²) in [4.78, 5) is 3.41. The summed E-state index contributed by atoms with van der Waals surface area (Å²) in [5.74, 6) is 0.221. The molecule has 0 fully saturated rings. The van der Waals surface area contributed by atoms with Gasteiger partial charge in [-0.25, -0.2) is 0 Å². The number of aromatic amines is 1. The third kappa shape index (κ3) is 3.27. The number of benzene rings is 3. The Kier molecular flexibility index (Phi) is 4.22. The molecule has 1 heterocycles. The van der Waals surface area contributed by atoms with Crippen LogP contribution >= 0.6 is 0 Å². The van der Waals surface area contributed by atoms with Crippen molar-refractivity contribution >= 4 is 17.0 Å². The summed E-state index contributed by atoms with van der Waals surface area (Å²) in [6.45, 7) is 2.12. The number of rotatable bonds is 4. The van der Waals surface area contributed by atoms with Gasteiger partial charge in [-0.15, -0.1) is 0 Å². The van der Waals surface area contributed by atoms with Crippen molar-refractivity contribution in [2.75, 3.05) is 0 Å². The van der Waals surface area contributed by atoms with Gasteiger partial charge in [-0.3, -0.25) is 0 Å². The van der Waals surface area contributed by atoms with Gasteiger partial charge >= 0.3 is 0 Å². The van der Waals surface area contributed by atoms with Crippen LogP contribution in [-0.4, -0.2) is 4.98 Å². The average Bonchev–Trinajstić information content (AvgIpc) is 3.08. The highest BCUT2D eigenvalue weighted by atomic mass is 14.7. The molecule has 122 valence electrons. The number of fused-ring (bicyclic) bond motifs is 1. The Hall–Kier alpha value is -3.06. The lowest BCUT2D eigenvalue weighted by Crippen LogP contribution is -1.96. The van der Waals surface area contributed by atoms with E-state index in [2.05, 4.69) is 109 Å². The zero-order valence-corrected chi connectivity index (χ0v) is 14.3. The van der Waals surface area contributed by atoms with E-state index < -0.39 is 0 Å². The van der Waals surface area contributed by atoms with Crippen molar-refractivity contribution in [2.24, 2.45) is 0 Å². The molecule has 0 aliphatic heterocycles. The maximum absolute atomic E-state index is 3.41. The summed E-state index contributed by atoms with van der Waals surface area (Å²) < 4.78 is 0. The van der Waals surface area contributed by atoms with E-state index in [-0.39, 0.29) is 5.92 Å². The van der Waals surface area contributed by atoms with Gasteiger partial charge in [-0.1, -0.05) is 90.5 Å². The number of allylic oxidation sites excluding steroid dienone is 1. The van der Waals surface area contributed by atoms with Crippen molar-refractivity contribution in [3.05, 3.63) is 113 Å². The van der Waals surface area contributed by atoms with Crippen molar-refractivity contribution in [3.8, 4) is 0 Å². The van der Waals surface area contributed by atoms with E-state index in [9.17, 15) is 0 Å². The average molecular weight is 323 g/mol. The molecule has 25 heavy (non-hydrogen) atoms. The molecule has 1 nitrogen and oxygen atoms in total. The van der Waals surface area contributed by atoms with Crippen LogP contribution in [-0.2, 0) is 0 Å². The van der Waals surface area contributed by atoms with Crippen LogP contribution < -0.4 is 0 Å². The fourth-order valence-electron chi connectivity index (χ4n) is 3.29. The lowest BCUT2D eigenvalue weighted by molar-refractivity contribution is 1.04. The van der Waals surface area contributed by atoms with Crippen molar-refractivity contribution in [1.29, 1.82) is 0 Å². The Balaban J connectivity index is 1.78. The Morgan fingerprint density at radius 1 is 0.800 bits per heavy atom. The molecule has 0 saturated carbocycles. The van der Waals surface area contributed by atoms with Crippen molar-refractivity contribution < 1.29 is 0 Å². The summed E-state index contributed by atoms with van der Waals surface area (Å²) in [6.07, 6.45) is 6.66. The van der Waals surface area contributed by atoms with Gasteiger partial charge in [-0.2, -0.15) is 0 Å². The quantitative estimate of drug-likeness (QED) is 0.452. The predicted octanol–water partition coefficient (Wildman–Crippen LogP) is 6.32. The summed E-state index contributed by atoms with van der Waals surface area (Å²) in [5, 5.41) is 1.28. The molecule has 4 rings (SSSR count). The number of H-pyrrole nitrogens is 1. The largest absolute Gasteiger partial charge is 0.361 e. The molecule has 0 amide bonds. The van der Waals surface area contributed by atoms with Crippen LogP contribution in [0.3, 0.4) is 0 Å². The standard InChI is InChI=1S/C24H21N/c1-18-11-13-19(14-12-18)15-16-21(20-7-3-2-4-8-20)23-17-25-24-10-6-5-9-22(23)24/h2-17,21,25H,1H3/b16-15+. The van der Waals surface area contributed by atoms with Crippen LogP contribution in [0.1, 0.15) is 28.2 Å². The van der Waals surface area contributed by atoms with Crippen LogP contribution in [0.25, 0.3) is 17.0 Å². The minimum atomic E-state index is 0.221. The molecule has 0 bridgehead atoms. The number of para-hydroxylation sites is 1. The van der Waals surface area contributed by atoms with Crippen LogP contribution in [0.15, 0.2) is 91.1 Å². The topological polar surface area (TPSA) is 15.8 Å². The summed E-state index contributed by atoms with van der Waals surface area (Å²) in [5.41, 5.74) is 6.31. The predicted molar refractivity (Wildman–Crippen MR) is 107 cm³/mol. The first kappa shape index (κ1) is 15.5. The van der Waals surface area contributed by atoms with Crippen LogP contribution in [0, 0.1) is 6.92 Å². The molecule has 0 saturated heterocycles. The van der Waals surface area contributed by atoms with Crippen molar-refractivity contribution in [2.45, 2.75) is 12.8 Å².